The second-order valence-electron chi connectivity index (χ2n) is 4.28. The van der Waals surface area contributed by atoms with E-state index in [1.54, 1.807) is 4.90 Å². The molecule has 1 aromatic rings. The largest absolute Gasteiger partial charge is 0.465 e. The highest BCUT2D eigenvalue weighted by atomic mass is 19.1. The molecule has 0 radical (unpaired) electrons. The molecule has 1 aliphatic heterocycles. The zero-order chi connectivity index (χ0) is 14.7. The number of hydrogen-bond acceptors (Lipinski definition) is 5. The predicted molar refractivity (Wildman–Crippen MR) is 70.4 cm³/mol. The zero-order valence-corrected chi connectivity index (χ0v) is 10.8. The first-order valence-corrected chi connectivity index (χ1v) is 6.00. The molecule has 0 aromatic heterocycles. The second kappa shape index (κ2) is 5.68. The number of nitrogens with zero attached hydrogens (tertiary/aromatic N) is 2. The molecule has 7 heteroatoms. The van der Waals surface area contributed by atoms with Crippen LogP contribution in [0.1, 0.15) is 16.8 Å². The zero-order valence-electron chi connectivity index (χ0n) is 10.8. The van der Waals surface area contributed by atoms with Crippen LogP contribution < -0.4 is 4.90 Å². The van der Waals surface area contributed by atoms with Crippen LogP contribution in [0.5, 0.6) is 0 Å². The SMILES string of the molecule is COC(=O)c1cc(N2CC=CCC2)c([N+](=O)[O-])cc1F. The topological polar surface area (TPSA) is 72.7 Å². The van der Waals surface area contributed by atoms with Crippen molar-refractivity contribution in [1.82, 2.24) is 0 Å². The van der Waals surface area contributed by atoms with Crippen LogP contribution in [-0.4, -0.2) is 31.1 Å². The third-order valence-corrected chi connectivity index (χ3v) is 3.07. The second-order valence-corrected chi connectivity index (χ2v) is 4.28. The highest BCUT2D eigenvalue weighted by Crippen LogP contribution is 2.32. The van der Waals surface area contributed by atoms with E-state index in [9.17, 15) is 19.3 Å². The quantitative estimate of drug-likeness (QED) is 0.367. The van der Waals surface area contributed by atoms with Gasteiger partial charge in [-0.25, -0.2) is 9.18 Å². The van der Waals surface area contributed by atoms with E-state index in [-0.39, 0.29) is 16.9 Å². The molecule has 2 rings (SSSR count). The minimum absolute atomic E-state index is 0.223. The number of nitro groups is 1. The van der Waals surface area contributed by atoms with Crippen molar-refractivity contribution >= 4 is 17.3 Å². The number of ether oxygens (including phenoxy) is 1. The minimum Gasteiger partial charge on any atom is -0.465 e. The van der Waals surface area contributed by atoms with Crippen molar-refractivity contribution in [2.24, 2.45) is 0 Å². The molecule has 1 aromatic carbocycles. The molecule has 0 saturated carbocycles. The highest BCUT2D eigenvalue weighted by molar-refractivity contribution is 5.92. The lowest BCUT2D eigenvalue weighted by molar-refractivity contribution is -0.384. The lowest BCUT2D eigenvalue weighted by Crippen LogP contribution is -2.28. The standard InChI is InChI=1S/C13H13FN2O4/c1-20-13(17)9-7-11(15-5-3-2-4-6-15)12(16(18)19)8-10(9)14/h2-3,7-8H,4-6H2,1H3. The Balaban J connectivity index is 2.53. The molecule has 0 bridgehead atoms. The first kappa shape index (κ1) is 14.0. The number of anilines is 1. The normalized spacial score (nSPS) is 14.2. The third kappa shape index (κ3) is 2.61. The summed E-state index contributed by atoms with van der Waals surface area (Å²) < 4.78 is 18.2. The van der Waals surface area contributed by atoms with Crippen molar-refractivity contribution in [3.63, 3.8) is 0 Å². The minimum atomic E-state index is -0.958. The van der Waals surface area contributed by atoms with E-state index in [1.807, 2.05) is 12.2 Å². The summed E-state index contributed by atoms with van der Waals surface area (Å²) in [5.74, 6) is -1.81. The van der Waals surface area contributed by atoms with Crippen LogP contribution in [0.2, 0.25) is 0 Å². The Morgan fingerprint density at radius 1 is 1.45 bits per heavy atom. The van der Waals surface area contributed by atoms with Crippen LogP contribution in [0.4, 0.5) is 15.8 Å². The van der Waals surface area contributed by atoms with Crippen molar-refractivity contribution < 1.29 is 18.8 Å². The summed E-state index contributed by atoms with van der Waals surface area (Å²) in [4.78, 5) is 23.6. The van der Waals surface area contributed by atoms with Crippen LogP contribution in [0.3, 0.4) is 0 Å². The molecule has 0 fully saturated rings. The first-order valence-electron chi connectivity index (χ1n) is 6.00. The van der Waals surface area contributed by atoms with Gasteiger partial charge in [0, 0.05) is 13.1 Å². The number of halogens is 1. The lowest BCUT2D eigenvalue weighted by atomic mass is 10.1. The van der Waals surface area contributed by atoms with Crippen molar-refractivity contribution in [2.75, 3.05) is 25.1 Å². The fourth-order valence-electron chi connectivity index (χ4n) is 2.08. The number of carbonyl (C=O) groups excluding carboxylic acids is 1. The molecule has 106 valence electrons. The molecule has 0 saturated heterocycles. The number of methoxy groups -OCH3 is 1. The van der Waals surface area contributed by atoms with Gasteiger partial charge >= 0.3 is 5.97 Å². The summed E-state index contributed by atoms with van der Waals surface area (Å²) in [5, 5.41) is 11.0. The van der Waals surface area contributed by atoms with Gasteiger partial charge in [-0.3, -0.25) is 10.1 Å². The van der Waals surface area contributed by atoms with Crippen molar-refractivity contribution in [3.8, 4) is 0 Å². The van der Waals surface area contributed by atoms with Gasteiger partial charge in [0.15, 0.2) is 0 Å². The number of rotatable bonds is 3. The number of benzene rings is 1. The number of nitro benzene ring substituents is 1. The molecule has 0 aliphatic carbocycles. The Labute approximate surface area is 114 Å². The maximum atomic E-state index is 13.8. The summed E-state index contributed by atoms with van der Waals surface area (Å²) in [6, 6.07) is 1.94. The Hall–Kier alpha value is -2.44. The molecule has 0 N–H and O–H groups in total. The lowest BCUT2D eigenvalue weighted by Gasteiger charge is -2.25. The number of esters is 1. The predicted octanol–water partition coefficient (Wildman–Crippen LogP) is 2.29. The van der Waals surface area contributed by atoms with E-state index < -0.39 is 16.7 Å². The fourth-order valence-corrected chi connectivity index (χ4v) is 2.08. The van der Waals surface area contributed by atoms with Gasteiger partial charge in [0.25, 0.3) is 5.69 Å². The molecule has 1 aliphatic rings. The van der Waals surface area contributed by atoms with Crippen molar-refractivity contribution in [3.05, 3.63) is 45.8 Å². The van der Waals surface area contributed by atoms with Gasteiger partial charge in [0.2, 0.25) is 0 Å². The number of hydrogen-bond donors (Lipinski definition) is 0. The average Bonchev–Trinajstić information content (AvgIpc) is 2.47. The molecular formula is C13H13FN2O4. The molecule has 0 unspecified atom stereocenters. The van der Waals surface area contributed by atoms with Crippen LogP contribution >= 0.6 is 0 Å². The molecule has 6 nitrogen and oxygen atoms in total. The van der Waals surface area contributed by atoms with E-state index in [1.165, 1.54) is 6.07 Å². The van der Waals surface area contributed by atoms with Gasteiger partial charge in [-0.2, -0.15) is 0 Å². The number of carbonyl (C=O) groups is 1. The highest BCUT2D eigenvalue weighted by Gasteiger charge is 2.25. The van der Waals surface area contributed by atoms with Crippen LogP contribution in [0.15, 0.2) is 24.3 Å². The molecule has 0 atom stereocenters. The summed E-state index contributed by atoms with van der Waals surface area (Å²) >= 11 is 0. The van der Waals surface area contributed by atoms with E-state index in [2.05, 4.69) is 4.74 Å². The Morgan fingerprint density at radius 2 is 2.20 bits per heavy atom. The molecule has 1 heterocycles. The summed E-state index contributed by atoms with van der Waals surface area (Å²) in [6.07, 6.45) is 4.57. The summed E-state index contributed by atoms with van der Waals surface area (Å²) in [6.45, 7) is 1.05. The van der Waals surface area contributed by atoms with E-state index in [0.717, 1.165) is 19.6 Å². The molecule has 0 amide bonds. The maximum absolute atomic E-state index is 13.8. The van der Waals surface area contributed by atoms with Crippen LogP contribution in [-0.2, 0) is 4.74 Å². The first-order chi connectivity index (χ1) is 9.54. The van der Waals surface area contributed by atoms with Crippen LogP contribution in [0, 0.1) is 15.9 Å². The maximum Gasteiger partial charge on any atom is 0.340 e. The monoisotopic (exact) mass is 280 g/mol. The van der Waals surface area contributed by atoms with E-state index in [4.69, 9.17) is 0 Å². The molecule has 20 heavy (non-hydrogen) atoms. The summed E-state index contributed by atoms with van der Waals surface area (Å²) in [5.41, 5.74) is -0.436. The average molecular weight is 280 g/mol. The van der Waals surface area contributed by atoms with E-state index >= 15 is 0 Å². The summed E-state index contributed by atoms with van der Waals surface area (Å²) in [7, 11) is 1.13. The third-order valence-electron chi connectivity index (χ3n) is 3.07. The van der Waals surface area contributed by atoms with Gasteiger partial charge in [-0.1, -0.05) is 12.2 Å². The van der Waals surface area contributed by atoms with Gasteiger partial charge in [0.05, 0.1) is 23.7 Å². The van der Waals surface area contributed by atoms with Crippen LogP contribution in [0.25, 0.3) is 0 Å². The fraction of sp³-hybridized carbons (Fsp3) is 0.308. The molecular weight excluding hydrogens is 267 g/mol. The van der Waals surface area contributed by atoms with E-state index in [0.29, 0.717) is 13.1 Å². The Morgan fingerprint density at radius 3 is 2.75 bits per heavy atom. The smallest absolute Gasteiger partial charge is 0.340 e. The van der Waals surface area contributed by atoms with Crippen molar-refractivity contribution in [1.29, 1.82) is 0 Å². The Kier molecular flexibility index (Phi) is 3.97. The Bertz CT molecular complexity index is 586. The van der Waals surface area contributed by atoms with Gasteiger partial charge in [-0.15, -0.1) is 0 Å². The van der Waals surface area contributed by atoms with Gasteiger partial charge in [-0.05, 0) is 12.5 Å². The van der Waals surface area contributed by atoms with Crippen molar-refractivity contribution in [2.45, 2.75) is 6.42 Å². The molecule has 0 spiro atoms. The van der Waals surface area contributed by atoms with Gasteiger partial charge in [0.1, 0.15) is 11.5 Å². The van der Waals surface area contributed by atoms with Gasteiger partial charge < -0.3 is 9.64 Å².